The lowest BCUT2D eigenvalue weighted by Gasteiger charge is -1.78. The second-order valence-electron chi connectivity index (χ2n) is 1.83. The quantitative estimate of drug-likeness (QED) is 0.637. The third-order valence-corrected chi connectivity index (χ3v) is 0.954. The van der Waals surface area contributed by atoms with Gasteiger partial charge in [0, 0.05) is 6.54 Å². The summed E-state index contributed by atoms with van der Waals surface area (Å²) in [5.74, 6) is 0. The molecule has 0 unspecified atom stereocenters. The van der Waals surface area contributed by atoms with Crippen molar-refractivity contribution in [3.63, 3.8) is 0 Å². The van der Waals surface area contributed by atoms with Crippen LogP contribution in [0.4, 0.5) is 0 Å². The number of amides is 1. The van der Waals surface area contributed by atoms with Gasteiger partial charge in [-0.25, -0.2) is 0 Å². The summed E-state index contributed by atoms with van der Waals surface area (Å²) < 4.78 is 0. The van der Waals surface area contributed by atoms with Crippen LogP contribution in [0.1, 0.15) is 6.92 Å². The highest BCUT2D eigenvalue weighted by atomic mass is 16.1. The highest BCUT2D eigenvalue weighted by molar-refractivity contribution is 5.45. The maximum atomic E-state index is 9.29. The predicted octanol–water partition coefficient (Wildman–Crippen LogP) is 1.44. The van der Waals surface area contributed by atoms with E-state index in [1.54, 1.807) is 0 Å². The summed E-state index contributed by atoms with van der Waals surface area (Å²) in [7, 11) is 0. The molecule has 0 spiro atoms. The molecule has 0 aliphatic rings. The Bertz CT molecular complexity index is 136. The van der Waals surface area contributed by atoms with Crippen LogP contribution in [0.2, 0.25) is 0 Å². The molecule has 1 N–H and O–H groups in total. The van der Waals surface area contributed by atoms with Crippen molar-refractivity contribution in [1.29, 1.82) is 0 Å². The van der Waals surface area contributed by atoms with Crippen LogP contribution in [-0.2, 0) is 4.79 Å². The fourth-order valence-corrected chi connectivity index (χ4v) is 0.468. The minimum Gasteiger partial charge on any atom is -0.359 e. The third kappa shape index (κ3) is 8.69. The zero-order valence-corrected chi connectivity index (χ0v) is 6.66. The zero-order valence-electron chi connectivity index (χ0n) is 6.66. The molecular weight excluding hydrogens is 138 g/mol. The zero-order chi connectivity index (χ0) is 8.36. The first-order chi connectivity index (χ1) is 5.41. The second kappa shape index (κ2) is 8.69. The van der Waals surface area contributed by atoms with Crippen molar-refractivity contribution in [3.8, 4) is 0 Å². The normalized spacial score (nSPS) is 7.36. The number of carbonyl (C=O) groups excluding carboxylic acids is 1. The van der Waals surface area contributed by atoms with E-state index in [9.17, 15) is 4.79 Å². The van der Waals surface area contributed by atoms with Gasteiger partial charge in [-0.2, -0.15) is 0 Å². The van der Waals surface area contributed by atoms with E-state index in [0.717, 1.165) is 6.54 Å². The number of hydrogen-bond donors (Lipinski definition) is 1. The number of carbonyl (C=O) groups is 1. The van der Waals surface area contributed by atoms with Gasteiger partial charge in [0.1, 0.15) is 0 Å². The Kier molecular flexibility index (Phi) is 7.66. The molecule has 1 aromatic carbocycles. The monoisotopic (exact) mass is 151 g/mol. The highest BCUT2D eigenvalue weighted by Gasteiger charge is 1.59. The Morgan fingerprint density at radius 2 is 1.45 bits per heavy atom. The number of rotatable bonds is 2. The summed E-state index contributed by atoms with van der Waals surface area (Å²) in [4.78, 5) is 9.29. The summed E-state index contributed by atoms with van der Waals surface area (Å²) in [5, 5.41) is 2.43. The molecule has 2 heteroatoms. The van der Waals surface area contributed by atoms with E-state index in [1.807, 2.05) is 43.3 Å². The van der Waals surface area contributed by atoms with Gasteiger partial charge in [-0.05, 0) is 6.92 Å². The Morgan fingerprint density at radius 1 is 1.09 bits per heavy atom. The van der Waals surface area contributed by atoms with E-state index < -0.39 is 0 Å². The Labute approximate surface area is 67.2 Å². The van der Waals surface area contributed by atoms with E-state index in [-0.39, 0.29) is 0 Å². The first kappa shape index (κ1) is 9.69. The third-order valence-electron chi connectivity index (χ3n) is 0.954. The molecule has 1 aromatic rings. The van der Waals surface area contributed by atoms with Crippen molar-refractivity contribution in [2.45, 2.75) is 6.92 Å². The average molecular weight is 151 g/mol. The van der Waals surface area contributed by atoms with Gasteiger partial charge in [-0.15, -0.1) is 0 Å². The topological polar surface area (TPSA) is 29.1 Å². The van der Waals surface area contributed by atoms with Gasteiger partial charge in [0.2, 0.25) is 6.41 Å². The highest BCUT2D eigenvalue weighted by Crippen LogP contribution is 1.79. The summed E-state index contributed by atoms with van der Waals surface area (Å²) in [6.45, 7) is 2.60. The summed E-state index contributed by atoms with van der Waals surface area (Å²) in [6.07, 6.45) is 0.681. The molecule has 0 saturated carbocycles. The first-order valence-corrected chi connectivity index (χ1v) is 3.59. The van der Waals surface area contributed by atoms with Gasteiger partial charge in [0.15, 0.2) is 0 Å². The number of hydrogen-bond acceptors (Lipinski definition) is 1. The maximum absolute atomic E-state index is 9.29. The van der Waals surface area contributed by atoms with Gasteiger partial charge < -0.3 is 5.32 Å². The van der Waals surface area contributed by atoms with Crippen LogP contribution >= 0.6 is 0 Å². The van der Waals surface area contributed by atoms with Crippen LogP contribution in [0.3, 0.4) is 0 Å². The van der Waals surface area contributed by atoms with E-state index in [1.165, 1.54) is 0 Å². The molecule has 60 valence electrons. The van der Waals surface area contributed by atoms with Gasteiger partial charge in [-0.3, -0.25) is 4.79 Å². The van der Waals surface area contributed by atoms with Gasteiger partial charge in [0.25, 0.3) is 0 Å². The van der Waals surface area contributed by atoms with Crippen molar-refractivity contribution >= 4 is 6.41 Å². The molecular formula is C9H13NO. The molecule has 0 atom stereocenters. The molecule has 0 saturated heterocycles. The molecule has 11 heavy (non-hydrogen) atoms. The SMILES string of the molecule is CCNC=O.c1ccccc1. The Hall–Kier alpha value is -1.31. The molecule has 0 aliphatic heterocycles. The molecule has 1 rings (SSSR count). The minimum atomic E-state index is 0.681. The van der Waals surface area contributed by atoms with E-state index >= 15 is 0 Å². The van der Waals surface area contributed by atoms with E-state index in [0.29, 0.717) is 6.41 Å². The van der Waals surface area contributed by atoms with Gasteiger partial charge in [-0.1, -0.05) is 36.4 Å². The predicted molar refractivity (Wildman–Crippen MR) is 46.2 cm³/mol. The van der Waals surface area contributed by atoms with Crippen molar-refractivity contribution in [2.24, 2.45) is 0 Å². The lowest BCUT2D eigenvalue weighted by molar-refractivity contribution is -0.109. The molecule has 1 amide bonds. The van der Waals surface area contributed by atoms with E-state index in [4.69, 9.17) is 0 Å². The van der Waals surface area contributed by atoms with Crippen LogP contribution in [0.15, 0.2) is 36.4 Å². The lowest BCUT2D eigenvalue weighted by Crippen LogP contribution is -2.07. The Balaban J connectivity index is 0.000000187. The second-order valence-corrected chi connectivity index (χ2v) is 1.83. The van der Waals surface area contributed by atoms with Crippen molar-refractivity contribution in [3.05, 3.63) is 36.4 Å². The molecule has 0 aromatic heterocycles. The van der Waals surface area contributed by atoms with Crippen LogP contribution in [-0.4, -0.2) is 13.0 Å². The lowest BCUT2D eigenvalue weighted by atomic mass is 10.4. The smallest absolute Gasteiger partial charge is 0.207 e. The number of nitrogens with one attached hydrogen (secondary N) is 1. The van der Waals surface area contributed by atoms with Crippen LogP contribution in [0.5, 0.6) is 0 Å². The van der Waals surface area contributed by atoms with Crippen LogP contribution < -0.4 is 5.32 Å². The molecule has 0 fully saturated rings. The molecule has 0 bridgehead atoms. The Morgan fingerprint density at radius 3 is 1.55 bits per heavy atom. The summed E-state index contributed by atoms with van der Waals surface area (Å²) in [6, 6.07) is 12.0. The van der Waals surface area contributed by atoms with Crippen LogP contribution in [0.25, 0.3) is 0 Å². The molecule has 0 heterocycles. The molecule has 0 aliphatic carbocycles. The van der Waals surface area contributed by atoms with Crippen molar-refractivity contribution in [1.82, 2.24) is 5.32 Å². The maximum Gasteiger partial charge on any atom is 0.207 e. The number of benzene rings is 1. The largest absolute Gasteiger partial charge is 0.359 e. The van der Waals surface area contributed by atoms with Gasteiger partial charge in [0.05, 0.1) is 0 Å². The van der Waals surface area contributed by atoms with Crippen molar-refractivity contribution < 1.29 is 4.79 Å². The fourth-order valence-electron chi connectivity index (χ4n) is 0.468. The average Bonchev–Trinajstić information content (AvgIpc) is 2.10. The fraction of sp³-hybridized carbons (Fsp3) is 0.222. The van der Waals surface area contributed by atoms with Crippen molar-refractivity contribution in [2.75, 3.05) is 6.54 Å². The van der Waals surface area contributed by atoms with Gasteiger partial charge >= 0.3 is 0 Å². The molecule has 0 radical (unpaired) electrons. The first-order valence-electron chi connectivity index (χ1n) is 3.59. The summed E-state index contributed by atoms with van der Waals surface area (Å²) >= 11 is 0. The minimum absolute atomic E-state index is 0.681. The standard InChI is InChI=1S/C6H6.C3H7NO/c1-2-4-6-5-3-1;1-2-4-3-5/h1-6H;3H,2H2,1H3,(H,4,5). The molecule has 2 nitrogen and oxygen atoms in total. The van der Waals surface area contributed by atoms with Crippen LogP contribution in [0, 0.1) is 0 Å². The summed E-state index contributed by atoms with van der Waals surface area (Å²) in [5.41, 5.74) is 0. The van der Waals surface area contributed by atoms with E-state index in [2.05, 4.69) is 5.32 Å².